The van der Waals surface area contributed by atoms with Gasteiger partial charge in [-0.3, -0.25) is 24.8 Å². The molecule has 37 heavy (non-hydrogen) atoms. The predicted octanol–water partition coefficient (Wildman–Crippen LogP) is 3.26. The van der Waals surface area contributed by atoms with Crippen molar-refractivity contribution in [3.05, 3.63) is 34.7 Å². The number of aliphatic imine (C=N–C) groups is 1. The van der Waals surface area contributed by atoms with E-state index in [0.717, 1.165) is 35.7 Å². The highest BCUT2D eigenvalue weighted by Gasteiger charge is 2.47. The number of urea groups is 1. The normalized spacial score (nSPS) is 27.0. The molecule has 2 saturated heterocycles. The fourth-order valence-electron chi connectivity index (χ4n) is 5.84. The van der Waals surface area contributed by atoms with Gasteiger partial charge in [0.15, 0.2) is 0 Å². The third-order valence-electron chi connectivity index (χ3n) is 8.34. The van der Waals surface area contributed by atoms with E-state index in [0.29, 0.717) is 37.5 Å². The van der Waals surface area contributed by atoms with E-state index >= 15 is 0 Å². The van der Waals surface area contributed by atoms with Gasteiger partial charge in [0.2, 0.25) is 5.91 Å². The molecule has 4 amide bonds. The van der Waals surface area contributed by atoms with Crippen LogP contribution in [0.1, 0.15) is 63.0 Å². The Labute approximate surface area is 220 Å². The predicted molar refractivity (Wildman–Crippen MR) is 144 cm³/mol. The maximum Gasteiger partial charge on any atom is 0.329 e. The summed E-state index contributed by atoms with van der Waals surface area (Å²) < 4.78 is 14.9. The molecule has 1 aliphatic carbocycles. The second-order valence-corrected chi connectivity index (χ2v) is 11.9. The molecule has 1 unspecified atom stereocenters. The fourth-order valence-corrected chi connectivity index (χ4v) is 6.81. The van der Waals surface area contributed by atoms with Crippen LogP contribution in [0.4, 0.5) is 10.5 Å². The number of hydrogen-bond acceptors (Lipinski definition) is 5. The third kappa shape index (κ3) is 5.27. The number of piperidine rings is 1. The van der Waals surface area contributed by atoms with Crippen molar-refractivity contribution in [2.75, 3.05) is 24.5 Å². The van der Waals surface area contributed by atoms with Crippen LogP contribution in [0.25, 0.3) is 6.08 Å². The molecule has 1 atom stereocenters. The average molecular weight is 526 g/mol. The number of nitrogens with one attached hydrogen (secondary N) is 2. The Hall–Kier alpha value is -2.85. The minimum absolute atomic E-state index is 0.00480. The highest BCUT2D eigenvalue weighted by atomic mass is 32.2. The summed E-state index contributed by atoms with van der Waals surface area (Å²) in [5.41, 5.74) is 1.73. The summed E-state index contributed by atoms with van der Waals surface area (Å²) in [5, 5.41) is 7.04. The molecule has 4 aliphatic rings. The molecule has 1 aromatic carbocycles. The Morgan fingerprint density at radius 3 is 2.46 bits per heavy atom. The van der Waals surface area contributed by atoms with Gasteiger partial charge < -0.3 is 5.32 Å². The van der Waals surface area contributed by atoms with E-state index in [9.17, 15) is 18.6 Å². The first-order valence-electron chi connectivity index (χ1n) is 13.2. The molecule has 3 aliphatic heterocycles. The van der Waals surface area contributed by atoms with Gasteiger partial charge in [0.25, 0.3) is 5.91 Å². The standard InChI is InChI=1S/C27H35N5O4S/c1-3-19-4-6-21(7-5-19)24-29-25(34)27(30-24)11-13-31(14-12-27)37(36)15-10-20-8-9-22(16-18(20)2)32-17-23(33)28-26(32)35/h8-10,15-16,19,21H,3-7,11-14,17H2,1-2H3,(H,28,33,35)(H,29,30,34)/b15-10+. The minimum atomic E-state index is -1.33. The number of anilines is 1. The zero-order valence-electron chi connectivity index (χ0n) is 21.5. The molecule has 3 heterocycles. The second kappa shape index (κ2) is 10.5. The molecule has 0 bridgehead atoms. The lowest BCUT2D eigenvalue weighted by atomic mass is 9.80. The van der Waals surface area contributed by atoms with Crippen LogP contribution in [0, 0.1) is 18.8 Å². The number of amides is 4. The summed E-state index contributed by atoms with van der Waals surface area (Å²) in [6, 6.07) is 5.05. The van der Waals surface area contributed by atoms with Crippen LogP contribution in [-0.4, -0.2) is 57.4 Å². The van der Waals surface area contributed by atoms with Crippen LogP contribution in [0.5, 0.6) is 0 Å². The quantitative estimate of drug-likeness (QED) is 0.556. The lowest BCUT2D eigenvalue weighted by molar-refractivity contribution is -0.125. The van der Waals surface area contributed by atoms with Crippen molar-refractivity contribution in [2.45, 2.75) is 64.3 Å². The van der Waals surface area contributed by atoms with E-state index in [-0.39, 0.29) is 18.4 Å². The molecule has 0 radical (unpaired) electrons. The second-order valence-electron chi connectivity index (χ2n) is 10.6. The van der Waals surface area contributed by atoms with E-state index in [2.05, 4.69) is 17.6 Å². The lowest BCUT2D eigenvalue weighted by Gasteiger charge is -2.34. The van der Waals surface area contributed by atoms with Crippen molar-refractivity contribution in [1.82, 2.24) is 14.9 Å². The van der Waals surface area contributed by atoms with Gasteiger partial charge in [-0.1, -0.05) is 19.4 Å². The van der Waals surface area contributed by atoms with Gasteiger partial charge in [0.1, 0.15) is 28.9 Å². The van der Waals surface area contributed by atoms with E-state index in [4.69, 9.17) is 4.99 Å². The Balaban J connectivity index is 1.18. The van der Waals surface area contributed by atoms with Crippen molar-refractivity contribution in [3.8, 4) is 0 Å². The largest absolute Gasteiger partial charge is 0.329 e. The first-order valence-corrected chi connectivity index (χ1v) is 14.4. The summed E-state index contributed by atoms with van der Waals surface area (Å²) in [4.78, 5) is 42.7. The van der Waals surface area contributed by atoms with E-state index < -0.39 is 22.6 Å². The average Bonchev–Trinajstić information content (AvgIpc) is 3.41. The number of carbonyl (C=O) groups excluding carboxylic acids is 3. The number of nitrogens with zero attached hydrogens (tertiary/aromatic N) is 3. The molecule has 5 rings (SSSR count). The Kier molecular flexibility index (Phi) is 7.31. The van der Waals surface area contributed by atoms with Gasteiger partial charge in [-0.05, 0) is 80.7 Å². The van der Waals surface area contributed by atoms with Crippen LogP contribution in [-0.2, 0) is 20.6 Å². The maximum absolute atomic E-state index is 13.0. The highest BCUT2D eigenvalue weighted by Crippen LogP contribution is 2.36. The van der Waals surface area contributed by atoms with E-state index in [1.807, 2.05) is 29.4 Å². The monoisotopic (exact) mass is 525 g/mol. The molecule has 0 aromatic heterocycles. The first-order chi connectivity index (χ1) is 17.8. The van der Waals surface area contributed by atoms with Crippen molar-refractivity contribution in [3.63, 3.8) is 0 Å². The van der Waals surface area contributed by atoms with Gasteiger partial charge in [-0.15, -0.1) is 0 Å². The van der Waals surface area contributed by atoms with E-state index in [1.54, 1.807) is 11.5 Å². The minimum Gasteiger partial charge on any atom is -0.312 e. The Bertz CT molecular complexity index is 1180. The number of carbonyl (C=O) groups is 3. The van der Waals surface area contributed by atoms with Crippen molar-refractivity contribution in [1.29, 1.82) is 0 Å². The Morgan fingerprint density at radius 2 is 1.84 bits per heavy atom. The molecule has 1 spiro atoms. The first kappa shape index (κ1) is 25.8. The van der Waals surface area contributed by atoms with Gasteiger partial charge >= 0.3 is 6.03 Å². The van der Waals surface area contributed by atoms with Gasteiger partial charge in [-0.25, -0.2) is 13.3 Å². The zero-order valence-corrected chi connectivity index (χ0v) is 22.3. The highest BCUT2D eigenvalue weighted by molar-refractivity contribution is 7.85. The third-order valence-corrected chi connectivity index (χ3v) is 9.58. The summed E-state index contributed by atoms with van der Waals surface area (Å²) in [7, 11) is -1.33. The van der Waals surface area contributed by atoms with Crippen LogP contribution in [0.3, 0.4) is 0 Å². The lowest BCUT2D eigenvalue weighted by Crippen LogP contribution is -2.49. The summed E-state index contributed by atoms with van der Waals surface area (Å²) in [6.07, 6.45) is 8.78. The van der Waals surface area contributed by atoms with Gasteiger partial charge in [0.05, 0.1) is 0 Å². The van der Waals surface area contributed by atoms with Gasteiger partial charge in [0, 0.05) is 30.1 Å². The number of amidine groups is 1. The van der Waals surface area contributed by atoms with Gasteiger partial charge in [-0.2, -0.15) is 0 Å². The number of imide groups is 1. The molecule has 3 fully saturated rings. The van der Waals surface area contributed by atoms with Crippen LogP contribution in [0.2, 0.25) is 0 Å². The SMILES string of the molecule is CCC1CCC(C2=NC3(CCN(S(=O)/C=C/c4ccc(N5CC(=O)NC5=O)cc4C)CC3)C(=O)N2)CC1. The maximum atomic E-state index is 13.0. The molecule has 1 saturated carbocycles. The summed E-state index contributed by atoms with van der Waals surface area (Å²) >= 11 is 0. The molecular weight excluding hydrogens is 490 g/mol. The topological polar surface area (TPSA) is 111 Å². The molecule has 10 heteroatoms. The summed E-state index contributed by atoms with van der Waals surface area (Å²) in [5.74, 6) is 1.72. The smallest absolute Gasteiger partial charge is 0.312 e. The van der Waals surface area contributed by atoms with Crippen LogP contribution >= 0.6 is 0 Å². The Morgan fingerprint density at radius 1 is 1.11 bits per heavy atom. The molecule has 2 N–H and O–H groups in total. The van der Waals surface area contributed by atoms with Crippen molar-refractivity contribution >= 4 is 46.4 Å². The van der Waals surface area contributed by atoms with Crippen molar-refractivity contribution < 1.29 is 18.6 Å². The molecule has 198 valence electrons. The fraction of sp³-hybridized carbons (Fsp3) is 0.556. The zero-order chi connectivity index (χ0) is 26.2. The van der Waals surface area contributed by atoms with Crippen LogP contribution < -0.4 is 15.5 Å². The number of rotatable bonds is 6. The van der Waals surface area contributed by atoms with Crippen LogP contribution in [0.15, 0.2) is 28.6 Å². The molecule has 9 nitrogen and oxygen atoms in total. The summed E-state index contributed by atoms with van der Waals surface area (Å²) in [6.45, 7) is 5.26. The van der Waals surface area contributed by atoms with E-state index in [1.165, 1.54) is 24.2 Å². The molecule has 1 aromatic rings. The number of aryl methyl sites for hydroxylation is 1. The molecular formula is C27H35N5O4S. The number of hydrogen-bond donors (Lipinski definition) is 2. The number of benzene rings is 1. The van der Waals surface area contributed by atoms with Crippen molar-refractivity contribution in [2.24, 2.45) is 16.8 Å².